The van der Waals surface area contributed by atoms with Crippen LogP contribution in [0.3, 0.4) is 0 Å². The third kappa shape index (κ3) is 3.04. The summed E-state index contributed by atoms with van der Waals surface area (Å²) < 4.78 is 0. The molecule has 2 N–H and O–H groups in total. The zero-order chi connectivity index (χ0) is 13.2. The van der Waals surface area contributed by atoms with Crippen LogP contribution in [0.4, 0.5) is 0 Å². The molecule has 2 rings (SSSR count). The molecule has 0 spiro atoms. The summed E-state index contributed by atoms with van der Waals surface area (Å²) in [6.07, 6.45) is 5.86. The van der Waals surface area contributed by atoms with Crippen molar-refractivity contribution in [1.82, 2.24) is 10.2 Å². The van der Waals surface area contributed by atoms with Gasteiger partial charge >= 0.3 is 0 Å². The van der Waals surface area contributed by atoms with Gasteiger partial charge < -0.3 is 15.3 Å². The molecule has 2 saturated heterocycles. The fourth-order valence-corrected chi connectivity index (χ4v) is 3.31. The van der Waals surface area contributed by atoms with Crippen molar-refractivity contribution in [3.63, 3.8) is 0 Å². The van der Waals surface area contributed by atoms with Crippen molar-refractivity contribution in [1.29, 1.82) is 0 Å². The van der Waals surface area contributed by atoms with E-state index in [1.54, 1.807) is 0 Å². The van der Waals surface area contributed by atoms with Crippen LogP contribution >= 0.6 is 0 Å². The second-order valence-electron chi connectivity index (χ2n) is 6.09. The number of nitrogens with one attached hydrogen (secondary N) is 1. The van der Waals surface area contributed by atoms with Crippen molar-refractivity contribution in [2.45, 2.75) is 70.1 Å². The van der Waals surface area contributed by atoms with Crippen LogP contribution in [0.2, 0.25) is 0 Å². The first-order valence-corrected chi connectivity index (χ1v) is 7.29. The van der Waals surface area contributed by atoms with E-state index in [9.17, 15) is 9.90 Å². The molecule has 4 nitrogen and oxygen atoms in total. The minimum Gasteiger partial charge on any atom is -0.389 e. The number of fused-ring (bicyclic) bond motifs is 1. The van der Waals surface area contributed by atoms with Crippen LogP contribution in [-0.2, 0) is 4.79 Å². The Balaban J connectivity index is 1.88. The summed E-state index contributed by atoms with van der Waals surface area (Å²) >= 11 is 0. The molecule has 1 amide bonds. The lowest BCUT2D eigenvalue weighted by molar-refractivity contribution is -0.129. The van der Waals surface area contributed by atoms with E-state index >= 15 is 0 Å². The Morgan fingerprint density at radius 2 is 2.28 bits per heavy atom. The first kappa shape index (κ1) is 13.8. The summed E-state index contributed by atoms with van der Waals surface area (Å²) in [5, 5.41) is 13.6. The number of piperidine rings is 1. The highest BCUT2D eigenvalue weighted by Gasteiger charge is 2.40. The highest BCUT2D eigenvalue weighted by atomic mass is 16.3. The normalized spacial score (nSPS) is 31.3. The lowest BCUT2D eigenvalue weighted by Crippen LogP contribution is -2.49. The molecule has 104 valence electrons. The summed E-state index contributed by atoms with van der Waals surface area (Å²) in [6.45, 7) is 5.46. The molecule has 0 aromatic rings. The Morgan fingerprint density at radius 1 is 1.50 bits per heavy atom. The molecule has 0 aliphatic carbocycles. The van der Waals surface area contributed by atoms with Crippen LogP contribution in [0.15, 0.2) is 0 Å². The van der Waals surface area contributed by atoms with E-state index in [4.69, 9.17) is 0 Å². The zero-order valence-corrected chi connectivity index (χ0v) is 11.6. The Hall–Kier alpha value is -0.610. The van der Waals surface area contributed by atoms with Crippen molar-refractivity contribution in [2.75, 3.05) is 13.1 Å². The van der Waals surface area contributed by atoms with Gasteiger partial charge in [0.15, 0.2) is 0 Å². The molecule has 2 fully saturated rings. The van der Waals surface area contributed by atoms with E-state index < -0.39 is 5.60 Å². The van der Waals surface area contributed by atoms with Crippen LogP contribution < -0.4 is 5.32 Å². The highest BCUT2D eigenvalue weighted by molar-refractivity contribution is 5.80. The van der Waals surface area contributed by atoms with Crippen LogP contribution in [0.5, 0.6) is 0 Å². The van der Waals surface area contributed by atoms with E-state index in [2.05, 4.69) is 12.2 Å². The molecule has 2 aliphatic heterocycles. The molecule has 3 unspecified atom stereocenters. The number of hydrogen-bond acceptors (Lipinski definition) is 3. The Kier molecular flexibility index (Phi) is 4.28. The molecule has 18 heavy (non-hydrogen) atoms. The van der Waals surface area contributed by atoms with Gasteiger partial charge in [-0.05, 0) is 32.6 Å². The maximum absolute atomic E-state index is 11.9. The minimum atomic E-state index is -0.653. The number of nitrogens with zero attached hydrogens (tertiary/aromatic N) is 1. The number of carbonyl (C=O) groups is 1. The molecule has 4 heteroatoms. The van der Waals surface area contributed by atoms with Gasteiger partial charge in [0.1, 0.15) is 0 Å². The molecular weight excluding hydrogens is 228 g/mol. The maximum Gasteiger partial charge on any atom is 0.224 e. The number of aliphatic hydroxyl groups is 1. The van der Waals surface area contributed by atoms with Gasteiger partial charge in [-0.1, -0.05) is 13.3 Å². The van der Waals surface area contributed by atoms with Crippen molar-refractivity contribution < 1.29 is 9.90 Å². The monoisotopic (exact) mass is 254 g/mol. The van der Waals surface area contributed by atoms with E-state index in [1.807, 2.05) is 11.8 Å². The Bertz CT molecular complexity index is 304. The third-order valence-corrected chi connectivity index (χ3v) is 4.26. The van der Waals surface area contributed by atoms with Gasteiger partial charge in [-0.3, -0.25) is 4.79 Å². The van der Waals surface area contributed by atoms with E-state index in [-0.39, 0.29) is 11.9 Å². The molecule has 2 aliphatic rings. The second kappa shape index (κ2) is 5.57. The molecule has 0 radical (unpaired) electrons. The topological polar surface area (TPSA) is 52.6 Å². The molecule has 0 saturated carbocycles. The van der Waals surface area contributed by atoms with Gasteiger partial charge in [0.25, 0.3) is 0 Å². The zero-order valence-electron chi connectivity index (χ0n) is 11.6. The predicted molar refractivity (Wildman–Crippen MR) is 71.3 cm³/mol. The summed E-state index contributed by atoms with van der Waals surface area (Å²) in [4.78, 5) is 13.9. The summed E-state index contributed by atoms with van der Waals surface area (Å²) in [5.41, 5.74) is -0.653. The maximum atomic E-state index is 11.9. The second-order valence-corrected chi connectivity index (χ2v) is 6.09. The largest absolute Gasteiger partial charge is 0.389 e. The SMILES string of the molecule is CCCC(C)(O)CNC1CC(=O)N2CCCCC12. The van der Waals surface area contributed by atoms with Crippen LogP contribution in [0.25, 0.3) is 0 Å². The lowest BCUT2D eigenvalue weighted by atomic mass is 9.96. The average molecular weight is 254 g/mol. The van der Waals surface area contributed by atoms with Gasteiger partial charge in [-0.2, -0.15) is 0 Å². The number of rotatable bonds is 5. The first-order valence-electron chi connectivity index (χ1n) is 7.29. The smallest absolute Gasteiger partial charge is 0.224 e. The van der Waals surface area contributed by atoms with Crippen LogP contribution in [-0.4, -0.2) is 46.7 Å². The van der Waals surface area contributed by atoms with Crippen LogP contribution in [0, 0.1) is 0 Å². The molecule has 3 atom stereocenters. The minimum absolute atomic E-state index is 0.237. The molecule has 0 aromatic heterocycles. The van der Waals surface area contributed by atoms with Crippen molar-refractivity contribution in [3.8, 4) is 0 Å². The Morgan fingerprint density at radius 3 is 3.00 bits per heavy atom. The van der Waals surface area contributed by atoms with Crippen LogP contribution in [0.1, 0.15) is 52.4 Å². The van der Waals surface area contributed by atoms with Crippen molar-refractivity contribution in [2.24, 2.45) is 0 Å². The quantitative estimate of drug-likeness (QED) is 0.777. The van der Waals surface area contributed by atoms with Crippen molar-refractivity contribution in [3.05, 3.63) is 0 Å². The fourth-order valence-electron chi connectivity index (χ4n) is 3.31. The van der Waals surface area contributed by atoms with E-state index in [0.717, 1.165) is 32.2 Å². The summed E-state index contributed by atoms with van der Waals surface area (Å²) in [5.74, 6) is 0.285. The number of amides is 1. The van der Waals surface area contributed by atoms with Gasteiger partial charge in [0.05, 0.1) is 5.60 Å². The average Bonchev–Trinajstić information content (AvgIpc) is 2.65. The third-order valence-electron chi connectivity index (χ3n) is 4.26. The summed E-state index contributed by atoms with van der Waals surface area (Å²) in [7, 11) is 0. The van der Waals surface area contributed by atoms with Gasteiger partial charge in [-0.25, -0.2) is 0 Å². The molecule has 0 bridgehead atoms. The van der Waals surface area contributed by atoms with Gasteiger partial charge in [0, 0.05) is 31.6 Å². The predicted octanol–water partition coefficient (Wildman–Crippen LogP) is 1.28. The highest BCUT2D eigenvalue weighted by Crippen LogP contribution is 2.28. The Labute approximate surface area is 110 Å². The fraction of sp³-hybridized carbons (Fsp3) is 0.929. The summed E-state index contributed by atoms with van der Waals surface area (Å²) in [6, 6.07) is 0.602. The van der Waals surface area contributed by atoms with E-state index in [1.165, 1.54) is 6.42 Å². The molecule has 0 aromatic carbocycles. The standard InChI is InChI=1S/C14H26N2O2/c1-3-7-14(2,18)10-15-11-9-13(17)16-8-5-4-6-12(11)16/h11-12,15,18H,3-10H2,1-2H3. The van der Waals surface area contributed by atoms with Crippen molar-refractivity contribution >= 4 is 5.91 Å². The number of hydrogen-bond donors (Lipinski definition) is 2. The lowest BCUT2D eigenvalue weighted by Gasteiger charge is -2.34. The first-order chi connectivity index (χ1) is 8.53. The van der Waals surface area contributed by atoms with Gasteiger partial charge in [0.2, 0.25) is 5.91 Å². The van der Waals surface area contributed by atoms with Gasteiger partial charge in [-0.15, -0.1) is 0 Å². The molecular formula is C14H26N2O2. The van der Waals surface area contributed by atoms with E-state index in [0.29, 0.717) is 19.0 Å². The molecule has 2 heterocycles. The number of carbonyl (C=O) groups excluding carboxylic acids is 1.